The number of aromatic nitrogens is 2. The van der Waals surface area contributed by atoms with Crippen LogP contribution in [-0.4, -0.2) is 29.8 Å². The second-order valence-electron chi connectivity index (χ2n) is 3.35. The number of hydrogen-bond donors (Lipinski definition) is 2. The Bertz CT molecular complexity index is 389. The van der Waals surface area contributed by atoms with E-state index in [0.29, 0.717) is 0 Å². The zero-order chi connectivity index (χ0) is 13.1. The summed E-state index contributed by atoms with van der Waals surface area (Å²) in [6.07, 6.45) is -3.55. The van der Waals surface area contributed by atoms with Crippen molar-refractivity contribution in [1.29, 1.82) is 0 Å². The minimum atomic E-state index is -4.59. The van der Waals surface area contributed by atoms with E-state index < -0.39 is 23.8 Å². The zero-order valence-corrected chi connectivity index (χ0v) is 9.04. The number of nitrogens with two attached hydrogens (primary N) is 1. The summed E-state index contributed by atoms with van der Waals surface area (Å²) in [6, 6.07) is 0. The Labute approximate surface area is 95.1 Å². The Morgan fingerprint density at radius 1 is 1.65 bits per heavy atom. The fourth-order valence-electron chi connectivity index (χ4n) is 1.50. The molecule has 96 valence electrons. The summed E-state index contributed by atoms with van der Waals surface area (Å²) in [4.78, 5) is 11.4. The lowest BCUT2D eigenvalue weighted by Crippen LogP contribution is -2.21. The maximum Gasteiger partial charge on any atom is 0.433 e. The van der Waals surface area contributed by atoms with Gasteiger partial charge < -0.3 is 10.5 Å². The summed E-state index contributed by atoms with van der Waals surface area (Å²) < 4.78 is 42.2. The summed E-state index contributed by atoms with van der Waals surface area (Å²) in [7, 11) is 1.11. The Kier molecular flexibility index (Phi) is 4.11. The molecule has 0 radical (unpaired) electrons. The number of carbonyl (C=O) groups excluding carboxylic acids is 1. The van der Waals surface area contributed by atoms with Crippen LogP contribution >= 0.6 is 0 Å². The third-order valence-electron chi connectivity index (χ3n) is 2.27. The van der Waals surface area contributed by atoms with E-state index in [1.54, 1.807) is 0 Å². The van der Waals surface area contributed by atoms with Crippen molar-refractivity contribution in [3.05, 3.63) is 17.5 Å². The smallest absolute Gasteiger partial charge is 0.433 e. The van der Waals surface area contributed by atoms with Gasteiger partial charge in [0.05, 0.1) is 19.2 Å². The van der Waals surface area contributed by atoms with Crippen molar-refractivity contribution in [2.24, 2.45) is 5.73 Å². The molecular weight excluding hydrogens is 239 g/mol. The second kappa shape index (κ2) is 5.17. The number of rotatable bonds is 4. The molecule has 0 spiro atoms. The van der Waals surface area contributed by atoms with Gasteiger partial charge in [-0.1, -0.05) is 0 Å². The molecule has 1 heterocycles. The van der Waals surface area contributed by atoms with Gasteiger partial charge in [-0.05, 0) is 13.0 Å². The fraction of sp³-hybridized carbons (Fsp3) is 0.556. The molecule has 0 aliphatic heterocycles. The van der Waals surface area contributed by atoms with Crippen LogP contribution in [0, 0.1) is 0 Å². The van der Waals surface area contributed by atoms with Crippen LogP contribution < -0.4 is 5.73 Å². The summed E-state index contributed by atoms with van der Waals surface area (Å²) in [5.41, 5.74) is 3.99. The van der Waals surface area contributed by atoms with Crippen LogP contribution in [-0.2, 0) is 15.7 Å². The zero-order valence-electron chi connectivity index (χ0n) is 9.04. The molecule has 17 heavy (non-hydrogen) atoms. The third-order valence-corrected chi connectivity index (χ3v) is 2.27. The van der Waals surface area contributed by atoms with Crippen LogP contribution in [0.25, 0.3) is 0 Å². The highest BCUT2D eigenvalue weighted by Crippen LogP contribution is 2.34. The molecule has 5 nitrogen and oxygen atoms in total. The van der Waals surface area contributed by atoms with E-state index in [0.717, 1.165) is 13.3 Å². The molecule has 0 aromatic carbocycles. The number of carbonyl (C=O) groups is 1. The number of halogens is 3. The lowest BCUT2D eigenvalue weighted by atomic mass is 9.96. The van der Waals surface area contributed by atoms with Crippen LogP contribution in [0.2, 0.25) is 0 Å². The predicted molar refractivity (Wildman–Crippen MR) is 52.0 cm³/mol. The van der Waals surface area contributed by atoms with E-state index in [-0.39, 0.29) is 18.5 Å². The van der Waals surface area contributed by atoms with Crippen molar-refractivity contribution in [2.75, 3.05) is 13.7 Å². The number of alkyl halides is 3. The molecule has 0 fully saturated rings. The second-order valence-corrected chi connectivity index (χ2v) is 3.35. The van der Waals surface area contributed by atoms with Crippen molar-refractivity contribution >= 4 is 5.97 Å². The number of nitrogens with one attached hydrogen (secondary N) is 1. The largest absolute Gasteiger partial charge is 0.469 e. The van der Waals surface area contributed by atoms with Crippen molar-refractivity contribution in [3.8, 4) is 0 Å². The molecule has 1 aromatic heterocycles. The number of ether oxygens (including phenoxy) is 1. The number of esters is 1. The van der Waals surface area contributed by atoms with E-state index >= 15 is 0 Å². The molecule has 1 unspecified atom stereocenters. The minimum Gasteiger partial charge on any atom is -0.469 e. The van der Waals surface area contributed by atoms with Gasteiger partial charge in [-0.3, -0.25) is 9.89 Å². The number of hydrogen-bond acceptors (Lipinski definition) is 4. The average Bonchev–Trinajstić information content (AvgIpc) is 2.73. The van der Waals surface area contributed by atoms with Crippen molar-refractivity contribution in [3.63, 3.8) is 0 Å². The van der Waals surface area contributed by atoms with Crippen molar-refractivity contribution in [1.82, 2.24) is 10.2 Å². The molecule has 3 N–H and O–H groups in total. The van der Waals surface area contributed by atoms with E-state index in [1.807, 2.05) is 5.10 Å². The Balaban J connectivity index is 3.11. The third kappa shape index (κ3) is 2.96. The van der Waals surface area contributed by atoms with Crippen LogP contribution in [0.3, 0.4) is 0 Å². The molecular formula is C9H12F3N3O2. The number of H-pyrrole nitrogens is 1. The summed E-state index contributed by atoms with van der Waals surface area (Å²) >= 11 is 0. The predicted octanol–water partition coefficient (Wildman–Crippen LogP) is 1.03. The topological polar surface area (TPSA) is 81.0 Å². The van der Waals surface area contributed by atoms with Crippen LogP contribution in [0.15, 0.2) is 6.20 Å². The first-order valence-corrected chi connectivity index (χ1v) is 4.80. The monoisotopic (exact) mass is 251 g/mol. The van der Waals surface area contributed by atoms with E-state index in [1.165, 1.54) is 0 Å². The molecule has 0 saturated heterocycles. The van der Waals surface area contributed by atoms with Gasteiger partial charge in [0.1, 0.15) is 5.69 Å². The Morgan fingerprint density at radius 2 is 2.29 bits per heavy atom. The van der Waals surface area contributed by atoms with Crippen molar-refractivity contribution < 1.29 is 22.7 Å². The number of aromatic amines is 1. The van der Waals surface area contributed by atoms with E-state index in [4.69, 9.17) is 5.73 Å². The normalized spacial score (nSPS) is 13.5. The molecule has 0 aliphatic carbocycles. The summed E-state index contributed by atoms with van der Waals surface area (Å²) in [6.45, 7) is 0.0717. The van der Waals surface area contributed by atoms with Gasteiger partial charge in [-0.25, -0.2) is 0 Å². The standard InChI is InChI=1S/C9H12F3N3O2/c1-17-8(16)5(2-3-13)6-4-14-15-7(6)9(10,11)12/h4-5H,2-3,13H2,1H3,(H,14,15). The van der Waals surface area contributed by atoms with Gasteiger partial charge in [-0.2, -0.15) is 18.3 Å². The minimum absolute atomic E-state index is 0.0648. The Morgan fingerprint density at radius 3 is 2.76 bits per heavy atom. The fourth-order valence-corrected chi connectivity index (χ4v) is 1.50. The molecule has 1 aromatic rings. The molecule has 0 aliphatic rings. The average molecular weight is 251 g/mol. The molecule has 0 saturated carbocycles. The van der Waals surface area contributed by atoms with Crippen LogP contribution in [0.1, 0.15) is 23.6 Å². The van der Waals surface area contributed by atoms with E-state index in [2.05, 4.69) is 9.84 Å². The molecule has 8 heteroatoms. The highest BCUT2D eigenvalue weighted by atomic mass is 19.4. The maximum absolute atomic E-state index is 12.6. The van der Waals surface area contributed by atoms with Gasteiger partial charge in [-0.15, -0.1) is 0 Å². The van der Waals surface area contributed by atoms with E-state index in [9.17, 15) is 18.0 Å². The maximum atomic E-state index is 12.6. The van der Waals surface area contributed by atoms with Crippen molar-refractivity contribution in [2.45, 2.75) is 18.5 Å². The lowest BCUT2D eigenvalue weighted by Gasteiger charge is -2.15. The van der Waals surface area contributed by atoms with Gasteiger partial charge >= 0.3 is 12.1 Å². The SMILES string of the molecule is COC(=O)C(CCN)c1cn[nH]c1C(F)(F)F. The van der Waals surface area contributed by atoms with Gasteiger partial charge in [0.25, 0.3) is 0 Å². The quantitative estimate of drug-likeness (QED) is 0.783. The summed E-state index contributed by atoms with van der Waals surface area (Å²) in [5.74, 6) is -1.82. The summed E-state index contributed by atoms with van der Waals surface area (Å²) in [5, 5.41) is 5.15. The molecule has 0 amide bonds. The number of nitrogens with zero attached hydrogens (tertiary/aromatic N) is 1. The molecule has 0 bridgehead atoms. The molecule has 1 rings (SSSR count). The van der Waals surface area contributed by atoms with Crippen LogP contribution in [0.5, 0.6) is 0 Å². The highest BCUT2D eigenvalue weighted by Gasteiger charge is 2.39. The first kappa shape index (κ1) is 13.5. The van der Waals surface area contributed by atoms with Crippen LogP contribution in [0.4, 0.5) is 13.2 Å². The van der Waals surface area contributed by atoms with Gasteiger partial charge in [0.2, 0.25) is 0 Å². The van der Waals surface area contributed by atoms with Gasteiger partial charge in [0.15, 0.2) is 0 Å². The first-order valence-electron chi connectivity index (χ1n) is 4.80. The Hall–Kier alpha value is -1.57. The molecule has 1 atom stereocenters. The first-order chi connectivity index (χ1) is 7.91. The highest BCUT2D eigenvalue weighted by molar-refractivity contribution is 5.78. The van der Waals surface area contributed by atoms with Gasteiger partial charge in [0, 0.05) is 5.56 Å². The lowest BCUT2D eigenvalue weighted by molar-refractivity contribution is -0.145. The number of methoxy groups -OCH3 is 1.